The zero-order valence-electron chi connectivity index (χ0n) is 21.3. The first-order valence-corrected chi connectivity index (χ1v) is 13.0. The molecule has 0 saturated carbocycles. The number of fused-ring (bicyclic) bond motifs is 1. The van der Waals surface area contributed by atoms with Gasteiger partial charge in [0.2, 0.25) is 5.69 Å². The number of halogens is 1. The number of aromatic nitrogens is 3. The lowest BCUT2D eigenvalue weighted by atomic mass is 9.99. The Kier molecular flexibility index (Phi) is 6.24. The summed E-state index contributed by atoms with van der Waals surface area (Å²) < 4.78 is 25.6. The first kappa shape index (κ1) is 25.2. The fraction of sp³-hybridized carbons (Fsp3) is 0.0667. The minimum atomic E-state index is -0.889. The van der Waals surface area contributed by atoms with Gasteiger partial charge in [-0.2, -0.15) is 0 Å². The number of methoxy groups -OCH3 is 1. The van der Waals surface area contributed by atoms with Crippen molar-refractivity contribution in [2.24, 2.45) is 0 Å². The molecule has 0 spiro atoms. The minimum Gasteiger partial charge on any atom is -0.539 e. The van der Waals surface area contributed by atoms with Crippen LogP contribution in [-0.2, 0) is 0 Å². The van der Waals surface area contributed by atoms with Crippen molar-refractivity contribution in [1.82, 2.24) is 10.3 Å². The first-order chi connectivity index (χ1) is 19.3. The van der Waals surface area contributed by atoms with Gasteiger partial charge in [-0.25, -0.2) is 9.37 Å². The Morgan fingerprint density at radius 3 is 2.50 bits per heavy atom. The molecular formula is C30H21FN4O4S. The lowest BCUT2D eigenvalue weighted by Crippen LogP contribution is -2.39. The van der Waals surface area contributed by atoms with Crippen molar-refractivity contribution >= 4 is 33.0 Å². The topological polar surface area (TPSA) is 118 Å². The molecule has 0 bridgehead atoms. The standard InChI is InChI=1S/C30H21FN4O4S/c1-16-6-10-20(11-7-16)35-26(30(37)39-34-35)27(36)28-25(32)24-22(18-4-3-5-19(31)14-18)15-23(33-29(24)40-28)17-8-12-21(38-2)13-9-17/h3-15H,1-2H3,(H2-,32,34,36,37). The van der Waals surface area contributed by atoms with Crippen molar-refractivity contribution in [3.05, 3.63) is 101 Å². The summed E-state index contributed by atoms with van der Waals surface area (Å²) in [6.07, 6.45) is 0. The Bertz CT molecular complexity index is 1900. The lowest BCUT2D eigenvalue weighted by Gasteiger charge is -2.09. The molecule has 0 fully saturated rings. The fourth-order valence-corrected chi connectivity index (χ4v) is 5.55. The number of anilines is 1. The van der Waals surface area contributed by atoms with E-state index in [0.29, 0.717) is 38.5 Å². The molecule has 198 valence electrons. The number of nitrogens with two attached hydrogens (primary N) is 1. The van der Waals surface area contributed by atoms with Crippen molar-refractivity contribution in [2.45, 2.75) is 6.92 Å². The number of pyridine rings is 1. The molecule has 0 atom stereocenters. The number of nitrogens with zero attached hydrogens (tertiary/aromatic N) is 3. The normalized spacial score (nSPS) is 11.2. The largest absolute Gasteiger partial charge is 0.539 e. The van der Waals surface area contributed by atoms with Crippen LogP contribution in [0.2, 0.25) is 0 Å². The van der Waals surface area contributed by atoms with E-state index in [9.17, 15) is 14.3 Å². The first-order valence-electron chi connectivity index (χ1n) is 12.2. The van der Waals surface area contributed by atoms with E-state index < -0.39 is 17.5 Å². The third-order valence-electron chi connectivity index (χ3n) is 6.53. The Balaban J connectivity index is 1.55. The van der Waals surface area contributed by atoms with E-state index >= 15 is 0 Å². The SMILES string of the molecule is COc1ccc(-c2cc(-c3cccc(F)c3)c3c(N)c(C(=O)c4c([O-])on[n+]4-c4ccc(C)cc4)sc3n2)cc1. The molecule has 8 nitrogen and oxygen atoms in total. The molecule has 2 N–H and O–H groups in total. The van der Waals surface area contributed by atoms with Crippen molar-refractivity contribution in [3.8, 4) is 39.8 Å². The van der Waals surface area contributed by atoms with Gasteiger partial charge in [0, 0.05) is 23.1 Å². The molecule has 6 aromatic rings. The second kappa shape index (κ2) is 9.90. The maximum absolute atomic E-state index is 14.3. The number of nitrogen functional groups attached to an aromatic ring is 1. The van der Waals surface area contributed by atoms with Crippen LogP contribution >= 0.6 is 11.3 Å². The van der Waals surface area contributed by atoms with Gasteiger partial charge in [-0.3, -0.25) is 4.79 Å². The highest BCUT2D eigenvalue weighted by Crippen LogP contribution is 2.42. The smallest absolute Gasteiger partial charge is 0.312 e. The number of ketones is 1. The van der Waals surface area contributed by atoms with Gasteiger partial charge in [0.25, 0.3) is 5.78 Å². The summed E-state index contributed by atoms with van der Waals surface area (Å²) >= 11 is 1.05. The van der Waals surface area contributed by atoms with E-state index in [1.165, 1.54) is 12.1 Å². The van der Waals surface area contributed by atoms with Crippen LogP contribution in [0.5, 0.6) is 11.7 Å². The van der Waals surface area contributed by atoms with E-state index in [-0.39, 0.29) is 16.3 Å². The predicted molar refractivity (Wildman–Crippen MR) is 147 cm³/mol. The van der Waals surface area contributed by atoms with Gasteiger partial charge >= 0.3 is 5.69 Å². The zero-order valence-corrected chi connectivity index (χ0v) is 22.2. The summed E-state index contributed by atoms with van der Waals surface area (Å²) in [5, 5.41) is 16.9. The van der Waals surface area contributed by atoms with E-state index in [4.69, 9.17) is 20.0 Å². The third-order valence-corrected chi connectivity index (χ3v) is 7.63. The minimum absolute atomic E-state index is 0.105. The second-order valence-corrected chi connectivity index (χ2v) is 10.1. The molecule has 0 unspecified atom stereocenters. The molecule has 0 aliphatic carbocycles. The number of hydrogen-bond donors (Lipinski definition) is 1. The molecule has 6 rings (SSSR count). The van der Waals surface area contributed by atoms with E-state index in [0.717, 1.165) is 27.1 Å². The molecular weight excluding hydrogens is 531 g/mol. The van der Waals surface area contributed by atoms with Crippen LogP contribution in [0.25, 0.3) is 38.3 Å². The van der Waals surface area contributed by atoms with Crippen molar-refractivity contribution in [1.29, 1.82) is 0 Å². The van der Waals surface area contributed by atoms with Crippen LogP contribution in [0.4, 0.5) is 10.1 Å². The molecule has 3 aromatic carbocycles. The summed E-state index contributed by atoms with van der Waals surface area (Å²) in [6, 6.07) is 22.4. The Labute approximate surface area is 231 Å². The third kappa shape index (κ3) is 4.34. The molecule has 0 aliphatic heterocycles. The van der Waals surface area contributed by atoms with Crippen LogP contribution in [0.1, 0.15) is 20.9 Å². The van der Waals surface area contributed by atoms with Crippen LogP contribution in [-0.4, -0.2) is 23.1 Å². The average Bonchev–Trinajstić information content (AvgIpc) is 3.52. The van der Waals surface area contributed by atoms with Crippen molar-refractivity contribution in [3.63, 3.8) is 0 Å². The summed E-state index contributed by atoms with van der Waals surface area (Å²) in [4.78, 5) is 19.2. The Hall–Kier alpha value is -5.09. The average molecular weight is 553 g/mol. The van der Waals surface area contributed by atoms with E-state index in [1.807, 2.05) is 43.3 Å². The monoisotopic (exact) mass is 552 g/mol. The highest BCUT2D eigenvalue weighted by atomic mass is 32.1. The second-order valence-electron chi connectivity index (χ2n) is 9.10. The summed E-state index contributed by atoms with van der Waals surface area (Å²) in [5.41, 5.74) is 10.5. The molecule has 0 aliphatic rings. The molecule has 0 amide bonds. The number of carbonyl (C=O) groups is 1. The molecule has 10 heteroatoms. The Morgan fingerprint density at radius 1 is 1.05 bits per heavy atom. The highest BCUT2D eigenvalue weighted by Gasteiger charge is 2.33. The van der Waals surface area contributed by atoms with Gasteiger partial charge in [0.15, 0.2) is 5.95 Å². The van der Waals surface area contributed by atoms with E-state index in [1.54, 1.807) is 37.4 Å². The summed E-state index contributed by atoms with van der Waals surface area (Å²) in [6.45, 7) is 1.92. The molecule has 40 heavy (non-hydrogen) atoms. The van der Waals surface area contributed by atoms with Crippen molar-refractivity contribution < 1.29 is 28.2 Å². The molecule has 0 saturated heterocycles. The van der Waals surface area contributed by atoms with Crippen LogP contribution in [0.15, 0.2) is 83.4 Å². The highest BCUT2D eigenvalue weighted by molar-refractivity contribution is 7.21. The zero-order chi connectivity index (χ0) is 28.0. The van der Waals surface area contributed by atoms with Crippen LogP contribution < -0.4 is 20.3 Å². The van der Waals surface area contributed by atoms with Gasteiger partial charge in [0.05, 0.1) is 23.8 Å². The lowest BCUT2D eigenvalue weighted by molar-refractivity contribution is -0.672. The number of rotatable bonds is 6. The van der Waals surface area contributed by atoms with Crippen LogP contribution in [0.3, 0.4) is 0 Å². The fourth-order valence-electron chi connectivity index (χ4n) is 4.49. The van der Waals surface area contributed by atoms with Gasteiger partial charge in [-0.15, -0.1) is 11.3 Å². The quantitative estimate of drug-likeness (QED) is 0.222. The van der Waals surface area contributed by atoms with E-state index in [2.05, 4.69) is 5.27 Å². The van der Waals surface area contributed by atoms with Gasteiger partial charge in [0.1, 0.15) is 21.3 Å². The van der Waals surface area contributed by atoms with Gasteiger partial charge in [-0.1, -0.05) is 29.8 Å². The molecule has 3 heterocycles. The number of carbonyl (C=O) groups excluding carboxylic acids is 1. The number of aryl methyl sites for hydroxylation is 1. The maximum Gasteiger partial charge on any atom is 0.312 e. The van der Waals surface area contributed by atoms with Crippen LogP contribution in [0, 0.1) is 12.7 Å². The number of ether oxygens (including phenoxy) is 1. The maximum atomic E-state index is 14.3. The Morgan fingerprint density at radius 2 is 1.80 bits per heavy atom. The summed E-state index contributed by atoms with van der Waals surface area (Å²) in [7, 11) is 1.58. The number of benzene rings is 3. The molecule has 3 aromatic heterocycles. The predicted octanol–water partition coefficient (Wildman–Crippen LogP) is 5.24. The van der Waals surface area contributed by atoms with Gasteiger partial charge in [-0.05, 0) is 65.2 Å². The number of thiophene rings is 1. The number of hydrogen-bond acceptors (Lipinski definition) is 8. The van der Waals surface area contributed by atoms with Crippen molar-refractivity contribution in [2.75, 3.05) is 12.8 Å². The summed E-state index contributed by atoms with van der Waals surface area (Å²) in [5.74, 6) is -1.27. The van der Waals surface area contributed by atoms with Gasteiger partial charge < -0.3 is 20.1 Å². The molecule has 0 radical (unpaired) electrons.